The van der Waals surface area contributed by atoms with E-state index in [-0.39, 0.29) is 29.5 Å². The fourth-order valence-corrected chi connectivity index (χ4v) is 6.41. The Morgan fingerprint density at radius 3 is 2.59 bits per heavy atom. The molecule has 39 heavy (non-hydrogen) atoms. The van der Waals surface area contributed by atoms with Crippen LogP contribution in [-0.4, -0.2) is 36.4 Å². The lowest BCUT2D eigenvalue weighted by molar-refractivity contribution is 0.0122. The molecule has 6 nitrogen and oxygen atoms in total. The first-order chi connectivity index (χ1) is 18.8. The summed E-state index contributed by atoms with van der Waals surface area (Å²) >= 11 is 13.0. The van der Waals surface area contributed by atoms with Gasteiger partial charge in [0.2, 0.25) is 0 Å². The number of hydrogen-bond acceptors (Lipinski definition) is 6. The van der Waals surface area contributed by atoms with Crippen molar-refractivity contribution in [2.45, 2.75) is 64.2 Å². The Hall–Kier alpha value is -2.61. The van der Waals surface area contributed by atoms with Crippen molar-refractivity contribution in [1.82, 2.24) is 5.16 Å². The van der Waals surface area contributed by atoms with Crippen molar-refractivity contribution in [3.05, 3.63) is 69.1 Å². The Morgan fingerprint density at radius 2 is 1.95 bits per heavy atom. The molecule has 1 aliphatic heterocycles. The molecule has 1 aromatic heterocycles. The number of nitrogens with zero attached hydrogens (tertiary/aromatic N) is 2. The summed E-state index contributed by atoms with van der Waals surface area (Å²) in [4.78, 5) is 14.4. The van der Waals surface area contributed by atoms with E-state index in [2.05, 4.69) is 10.1 Å². The number of fused-ring (bicyclic) bond motifs is 2. The molecule has 1 saturated heterocycles. The average Bonchev–Trinajstić information content (AvgIpc) is 3.36. The first-order valence-electron chi connectivity index (χ1n) is 13.6. The zero-order valence-electron chi connectivity index (χ0n) is 22.0. The van der Waals surface area contributed by atoms with E-state index in [4.69, 9.17) is 37.2 Å². The number of esters is 1. The van der Waals surface area contributed by atoms with Crippen LogP contribution in [0, 0.1) is 17.7 Å². The summed E-state index contributed by atoms with van der Waals surface area (Å²) in [5.41, 5.74) is 2.98. The Kier molecular flexibility index (Phi) is 7.34. The third kappa shape index (κ3) is 5.29. The second kappa shape index (κ2) is 10.8. The summed E-state index contributed by atoms with van der Waals surface area (Å²) in [6.45, 7) is 5.29. The van der Waals surface area contributed by atoms with Crippen LogP contribution in [0.5, 0.6) is 0 Å². The summed E-state index contributed by atoms with van der Waals surface area (Å²) in [6, 6.07) is 10.2. The predicted octanol–water partition coefficient (Wildman–Crippen LogP) is 7.66. The average molecular weight is 573 g/mol. The van der Waals surface area contributed by atoms with E-state index in [1.165, 1.54) is 6.07 Å². The Bertz CT molecular complexity index is 1370. The number of aromatic nitrogens is 1. The van der Waals surface area contributed by atoms with Gasteiger partial charge in [0, 0.05) is 35.5 Å². The molecule has 3 aliphatic rings. The van der Waals surface area contributed by atoms with E-state index >= 15 is 4.39 Å². The number of halogens is 3. The van der Waals surface area contributed by atoms with E-state index in [0.29, 0.717) is 52.7 Å². The Balaban J connectivity index is 1.13. The number of benzene rings is 2. The van der Waals surface area contributed by atoms with Gasteiger partial charge in [0.05, 0.1) is 40.6 Å². The van der Waals surface area contributed by atoms with Crippen LogP contribution in [0.2, 0.25) is 10.0 Å². The smallest absolute Gasteiger partial charge is 0.338 e. The summed E-state index contributed by atoms with van der Waals surface area (Å²) < 4.78 is 32.6. The molecule has 9 heteroatoms. The highest BCUT2D eigenvalue weighted by molar-refractivity contribution is 6.39. The van der Waals surface area contributed by atoms with E-state index in [0.717, 1.165) is 37.0 Å². The van der Waals surface area contributed by atoms with Crippen molar-refractivity contribution in [2.75, 3.05) is 18.1 Å². The van der Waals surface area contributed by atoms with Crippen molar-refractivity contribution in [3.8, 4) is 11.3 Å². The fourth-order valence-electron chi connectivity index (χ4n) is 5.84. The molecule has 2 aromatic carbocycles. The zero-order chi connectivity index (χ0) is 27.3. The number of hydrogen-bond donors (Lipinski definition) is 0. The van der Waals surface area contributed by atoms with Gasteiger partial charge in [-0.05, 0) is 61.9 Å². The van der Waals surface area contributed by atoms with Crippen molar-refractivity contribution in [2.24, 2.45) is 11.8 Å². The zero-order valence-corrected chi connectivity index (χ0v) is 23.5. The van der Waals surface area contributed by atoms with Crippen LogP contribution in [0.15, 0.2) is 40.9 Å². The number of rotatable bonds is 9. The molecular formula is C30H31Cl2FN2O4. The minimum Gasteiger partial charge on any atom is -0.462 e. The number of carbonyl (C=O) groups is 1. The maximum atomic E-state index is 15.1. The minimum atomic E-state index is -0.498. The monoisotopic (exact) mass is 572 g/mol. The quantitative estimate of drug-likeness (QED) is 0.245. The van der Waals surface area contributed by atoms with Gasteiger partial charge in [-0.25, -0.2) is 9.18 Å². The van der Waals surface area contributed by atoms with Gasteiger partial charge in [0.1, 0.15) is 17.3 Å². The lowest BCUT2D eigenvalue weighted by Gasteiger charge is -2.33. The predicted molar refractivity (Wildman–Crippen MR) is 148 cm³/mol. The van der Waals surface area contributed by atoms with Gasteiger partial charge in [-0.1, -0.05) is 48.3 Å². The van der Waals surface area contributed by atoms with Crippen LogP contribution in [0.25, 0.3) is 11.3 Å². The number of anilines is 1. The maximum absolute atomic E-state index is 15.1. The summed E-state index contributed by atoms with van der Waals surface area (Å²) in [6.07, 6.45) is 3.93. The van der Waals surface area contributed by atoms with Crippen molar-refractivity contribution in [3.63, 3.8) is 0 Å². The highest BCUT2D eigenvalue weighted by atomic mass is 35.5. The summed E-state index contributed by atoms with van der Waals surface area (Å²) in [7, 11) is 0. The molecule has 3 fully saturated rings. The first-order valence-corrected chi connectivity index (χ1v) is 14.3. The third-order valence-electron chi connectivity index (χ3n) is 7.93. The highest BCUT2D eigenvalue weighted by Crippen LogP contribution is 2.47. The molecule has 206 valence electrons. The molecule has 0 unspecified atom stereocenters. The van der Waals surface area contributed by atoms with Gasteiger partial charge >= 0.3 is 5.97 Å². The fraction of sp³-hybridized carbons (Fsp3) is 0.467. The van der Waals surface area contributed by atoms with E-state index in [1.807, 2.05) is 19.9 Å². The highest BCUT2D eigenvalue weighted by Gasteiger charge is 2.46. The van der Waals surface area contributed by atoms with Gasteiger partial charge in [-0.2, -0.15) is 0 Å². The standard InChI is InChI=1S/C30H31Cl2FN2O4/c1-16(2)14-38-30(36)18-8-9-25(24(33)11-18)35-13-19-10-20(35)12-26(19)37-15-21-28(34-39-29(21)17-6-7-17)27-22(31)4-3-5-23(27)32/h3-5,8-9,11,16-17,19-20,26H,6-7,10,12-15H2,1-2H3/t19-,20-,26+/m0/s1. The van der Waals surface area contributed by atoms with E-state index in [1.54, 1.807) is 24.3 Å². The largest absolute Gasteiger partial charge is 0.462 e. The van der Waals surface area contributed by atoms with Gasteiger partial charge in [0.25, 0.3) is 0 Å². The molecule has 0 spiro atoms. The molecule has 0 N–H and O–H groups in total. The van der Waals surface area contributed by atoms with Crippen LogP contribution in [-0.2, 0) is 16.1 Å². The Morgan fingerprint density at radius 1 is 1.18 bits per heavy atom. The van der Waals surface area contributed by atoms with Gasteiger partial charge in [-0.15, -0.1) is 0 Å². The molecule has 2 aliphatic carbocycles. The van der Waals surface area contributed by atoms with Crippen molar-refractivity contribution >= 4 is 34.9 Å². The summed E-state index contributed by atoms with van der Waals surface area (Å²) in [5.74, 6) is 0.817. The first kappa shape index (κ1) is 26.6. The van der Waals surface area contributed by atoms with Gasteiger partial charge in [0.15, 0.2) is 0 Å². The normalized spacial score (nSPS) is 22.2. The van der Waals surface area contributed by atoms with Crippen molar-refractivity contribution < 1.29 is 23.2 Å². The molecule has 0 amide bonds. The molecule has 3 aromatic rings. The van der Waals surface area contributed by atoms with Crippen LogP contribution < -0.4 is 4.90 Å². The van der Waals surface area contributed by atoms with Crippen LogP contribution in [0.3, 0.4) is 0 Å². The van der Waals surface area contributed by atoms with E-state index < -0.39 is 11.8 Å². The minimum absolute atomic E-state index is 0.0520. The number of piperidine rings is 1. The second-order valence-corrected chi connectivity index (χ2v) is 12.1. The Labute approximate surface area is 237 Å². The molecule has 2 saturated carbocycles. The molecule has 2 bridgehead atoms. The van der Waals surface area contributed by atoms with Crippen LogP contribution in [0.1, 0.15) is 67.1 Å². The van der Waals surface area contributed by atoms with Gasteiger partial charge in [-0.3, -0.25) is 0 Å². The lowest BCUT2D eigenvalue weighted by Crippen LogP contribution is -2.39. The maximum Gasteiger partial charge on any atom is 0.338 e. The number of carbonyl (C=O) groups excluding carboxylic acids is 1. The summed E-state index contributed by atoms with van der Waals surface area (Å²) in [5, 5.41) is 5.41. The second-order valence-electron chi connectivity index (χ2n) is 11.3. The van der Waals surface area contributed by atoms with Crippen molar-refractivity contribution in [1.29, 1.82) is 0 Å². The van der Waals surface area contributed by atoms with Gasteiger partial charge < -0.3 is 18.9 Å². The molecule has 2 heterocycles. The molecule has 3 atom stereocenters. The topological polar surface area (TPSA) is 64.8 Å². The van der Waals surface area contributed by atoms with Crippen LogP contribution >= 0.6 is 23.2 Å². The molecule has 6 rings (SSSR count). The SMILES string of the molecule is CC(C)COC(=O)c1ccc(N2C[C@@H]3C[C@H]2C[C@H]3OCc2c(-c3c(Cl)cccc3Cl)noc2C2CC2)c(F)c1. The molecular weight excluding hydrogens is 542 g/mol. The number of ether oxygens (including phenoxy) is 2. The van der Waals surface area contributed by atoms with E-state index in [9.17, 15) is 4.79 Å². The lowest BCUT2D eigenvalue weighted by atomic mass is 10.0. The third-order valence-corrected chi connectivity index (χ3v) is 8.56. The molecule has 0 radical (unpaired) electrons. The van der Waals surface area contributed by atoms with Crippen LogP contribution in [0.4, 0.5) is 10.1 Å².